The summed E-state index contributed by atoms with van der Waals surface area (Å²) < 4.78 is 28.4. The highest BCUT2D eigenvalue weighted by Gasteiger charge is 2.37. The largest absolute Gasteiger partial charge is 0.376 e. The molecule has 2 rings (SSSR count). The highest BCUT2D eigenvalue weighted by atomic mass is 32.2. The molecule has 0 aromatic heterocycles. The first kappa shape index (κ1) is 17.9. The van der Waals surface area contributed by atoms with Gasteiger partial charge in [0, 0.05) is 25.8 Å². The van der Waals surface area contributed by atoms with Crippen LogP contribution in [0.1, 0.15) is 25.3 Å². The van der Waals surface area contributed by atoms with Gasteiger partial charge in [0.15, 0.2) is 0 Å². The Morgan fingerprint density at radius 2 is 2.00 bits per heavy atom. The van der Waals surface area contributed by atoms with Crippen LogP contribution in [0.5, 0.6) is 0 Å². The third-order valence-corrected chi connectivity index (χ3v) is 5.11. The van der Waals surface area contributed by atoms with E-state index in [9.17, 15) is 13.2 Å². The number of nitrogens with zero attached hydrogens (tertiary/aromatic N) is 1. The Bertz CT molecular complexity index is 615. The summed E-state index contributed by atoms with van der Waals surface area (Å²) in [5.74, 6) is -0.196. The molecule has 0 N–H and O–H groups in total. The maximum absolute atomic E-state index is 12.4. The Morgan fingerprint density at radius 1 is 1.30 bits per heavy atom. The second-order valence-corrected chi connectivity index (χ2v) is 8.27. The van der Waals surface area contributed by atoms with Crippen molar-refractivity contribution in [2.75, 3.05) is 25.2 Å². The molecule has 6 heteroatoms. The first-order valence-electron chi connectivity index (χ1n) is 8.03. The Kier molecular flexibility index (Phi) is 6.18. The van der Waals surface area contributed by atoms with Gasteiger partial charge in [0.05, 0.1) is 17.9 Å². The van der Waals surface area contributed by atoms with Crippen molar-refractivity contribution in [2.45, 2.75) is 38.3 Å². The monoisotopic (exact) mass is 339 g/mol. The van der Waals surface area contributed by atoms with E-state index < -0.39 is 9.84 Å². The molecule has 128 valence electrons. The number of benzene rings is 1. The number of sulfone groups is 1. The van der Waals surface area contributed by atoms with Crippen molar-refractivity contribution in [3.63, 3.8) is 0 Å². The lowest BCUT2D eigenvalue weighted by Crippen LogP contribution is -2.42. The molecule has 5 nitrogen and oxygen atoms in total. The van der Waals surface area contributed by atoms with Gasteiger partial charge in [0.1, 0.15) is 9.84 Å². The van der Waals surface area contributed by atoms with Crippen LogP contribution in [0, 0.1) is 0 Å². The topological polar surface area (TPSA) is 63.7 Å². The molecule has 23 heavy (non-hydrogen) atoms. The summed E-state index contributed by atoms with van der Waals surface area (Å²) in [4.78, 5) is 14.3. The molecule has 1 amide bonds. The summed E-state index contributed by atoms with van der Waals surface area (Å²) in [7, 11) is -3.13. The third kappa shape index (κ3) is 5.32. The van der Waals surface area contributed by atoms with Gasteiger partial charge in [-0.2, -0.15) is 0 Å². The first-order chi connectivity index (χ1) is 10.9. The summed E-state index contributed by atoms with van der Waals surface area (Å²) in [5, 5.41) is 0. The molecule has 0 unspecified atom stereocenters. The Balaban J connectivity index is 2.08. The van der Waals surface area contributed by atoms with E-state index in [4.69, 9.17) is 4.74 Å². The van der Waals surface area contributed by atoms with Crippen LogP contribution in [0.4, 0.5) is 0 Å². The maximum atomic E-state index is 12.4. The van der Waals surface area contributed by atoms with Gasteiger partial charge in [-0.15, -0.1) is 0 Å². The fraction of sp³-hybridized carbons (Fsp3) is 0.588. The van der Waals surface area contributed by atoms with E-state index in [0.717, 1.165) is 24.7 Å². The molecular formula is C17H25NO4S. The summed E-state index contributed by atoms with van der Waals surface area (Å²) in [6, 6.07) is 9.99. The van der Waals surface area contributed by atoms with Crippen LogP contribution in [0.2, 0.25) is 0 Å². The Labute approximate surface area is 138 Å². The van der Waals surface area contributed by atoms with Gasteiger partial charge in [0.25, 0.3) is 0 Å². The van der Waals surface area contributed by atoms with Crippen LogP contribution in [0.15, 0.2) is 30.3 Å². The molecule has 0 aliphatic carbocycles. The molecule has 1 aromatic carbocycles. The average Bonchev–Trinajstić information content (AvgIpc) is 2.88. The number of carbonyl (C=O) groups excluding carboxylic acids is 1. The number of carbonyl (C=O) groups is 1. The van der Waals surface area contributed by atoms with Crippen molar-refractivity contribution in [3.8, 4) is 0 Å². The fourth-order valence-electron chi connectivity index (χ4n) is 3.06. The first-order valence-corrected chi connectivity index (χ1v) is 10.1. The van der Waals surface area contributed by atoms with Crippen molar-refractivity contribution < 1.29 is 17.9 Å². The molecule has 0 saturated carbocycles. The van der Waals surface area contributed by atoms with Crippen molar-refractivity contribution >= 4 is 15.7 Å². The summed E-state index contributed by atoms with van der Waals surface area (Å²) >= 11 is 0. The Hall–Kier alpha value is -1.40. The number of rotatable bonds is 7. The number of amides is 1. The fourth-order valence-corrected chi connectivity index (χ4v) is 3.60. The molecule has 1 aliphatic rings. The maximum Gasteiger partial charge on any atom is 0.223 e. The zero-order chi connectivity index (χ0) is 16.9. The van der Waals surface area contributed by atoms with Gasteiger partial charge >= 0.3 is 0 Å². The summed E-state index contributed by atoms with van der Waals surface area (Å²) in [6.07, 6.45) is 2.76. The van der Waals surface area contributed by atoms with Crippen LogP contribution in [0.3, 0.4) is 0 Å². The zero-order valence-corrected chi connectivity index (χ0v) is 14.6. The quantitative estimate of drug-likeness (QED) is 0.758. The summed E-state index contributed by atoms with van der Waals surface area (Å²) in [5.41, 5.74) is 1.16. The highest BCUT2D eigenvalue weighted by Crippen LogP contribution is 2.25. The van der Waals surface area contributed by atoms with E-state index in [-0.39, 0.29) is 30.2 Å². The van der Waals surface area contributed by atoms with Gasteiger partial charge in [0.2, 0.25) is 5.91 Å². The molecule has 1 heterocycles. The van der Waals surface area contributed by atoms with E-state index in [0.29, 0.717) is 13.2 Å². The SMILES string of the molecule is CCO[C@H]1CCN(C(=O)CCS(C)(=O)=O)[C@H]1Cc1ccccc1. The Morgan fingerprint density at radius 3 is 2.61 bits per heavy atom. The van der Waals surface area contributed by atoms with E-state index >= 15 is 0 Å². The van der Waals surface area contributed by atoms with Crippen LogP contribution in [-0.4, -0.2) is 56.5 Å². The minimum atomic E-state index is -3.13. The van der Waals surface area contributed by atoms with Crippen molar-refractivity contribution in [2.24, 2.45) is 0 Å². The predicted molar refractivity (Wildman–Crippen MR) is 90.0 cm³/mol. The number of hydrogen-bond donors (Lipinski definition) is 0. The molecule has 0 radical (unpaired) electrons. The smallest absolute Gasteiger partial charge is 0.223 e. The second kappa shape index (κ2) is 7.93. The third-order valence-electron chi connectivity index (χ3n) is 4.16. The van der Waals surface area contributed by atoms with E-state index in [2.05, 4.69) is 0 Å². The lowest BCUT2D eigenvalue weighted by atomic mass is 10.0. The van der Waals surface area contributed by atoms with E-state index in [1.807, 2.05) is 37.3 Å². The van der Waals surface area contributed by atoms with Crippen LogP contribution in [-0.2, 0) is 25.8 Å². The molecule has 1 aromatic rings. The minimum absolute atomic E-state index is 0.0161. The minimum Gasteiger partial charge on any atom is -0.376 e. The van der Waals surface area contributed by atoms with Crippen LogP contribution in [0.25, 0.3) is 0 Å². The molecule has 1 fully saturated rings. The number of likely N-dealkylation sites (tertiary alicyclic amines) is 1. The van der Waals surface area contributed by atoms with Crippen molar-refractivity contribution in [1.29, 1.82) is 0 Å². The molecule has 0 bridgehead atoms. The molecule has 1 aliphatic heterocycles. The van der Waals surface area contributed by atoms with Gasteiger partial charge in [-0.3, -0.25) is 4.79 Å². The zero-order valence-electron chi connectivity index (χ0n) is 13.8. The predicted octanol–water partition coefficient (Wildman–Crippen LogP) is 1.67. The van der Waals surface area contributed by atoms with Gasteiger partial charge in [-0.05, 0) is 25.3 Å². The highest BCUT2D eigenvalue weighted by molar-refractivity contribution is 7.90. The van der Waals surface area contributed by atoms with Crippen LogP contribution >= 0.6 is 0 Å². The van der Waals surface area contributed by atoms with Gasteiger partial charge < -0.3 is 9.64 Å². The molecule has 1 saturated heterocycles. The second-order valence-electron chi connectivity index (χ2n) is 6.01. The molecule has 0 spiro atoms. The normalized spacial score (nSPS) is 21.6. The number of ether oxygens (including phenoxy) is 1. The lowest BCUT2D eigenvalue weighted by molar-refractivity contribution is -0.132. The molecular weight excluding hydrogens is 314 g/mol. The van der Waals surface area contributed by atoms with Crippen molar-refractivity contribution in [1.82, 2.24) is 4.90 Å². The number of hydrogen-bond acceptors (Lipinski definition) is 4. The van der Waals surface area contributed by atoms with Crippen LogP contribution < -0.4 is 0 Å². The standard InChI is InChI=1S/C17H25NO4S/c1-3-22-16-9-11-18(17(19)10-12-23(2,20)21)15(16)13-14-7-5-4-6-8-14/h4-8,15-16H,3,9-13H2,1-2H3/t15-,16-/m0/s1. The summed E-state index contributed by atoms with van der Waals surface area (Å²) in [6.45, 7) is 3.19. The molecule has 2 atom stereocenters. The van der Waals surface area contributed by atoms with E-state index in [1.54, 1.807) is 4.90 Å². The lowest BCUT2D eigenvalue weighted by Gasteiger charge is -2.28. The van der Waals surface area contributed by atoms with Gasteiger partial charge in [-0.25, -0.2) is 8.42 Å². The average molecular weight is 339 g/mol. The van der Waals surface area contributed by atoms with Gasteiger partial charge in [-0.1, -0.05) is 30.3 Å². The van der Waals surface area contributed by atoms with E-state index in [1.165, 1.54) is 0 Å². The van der Waals surface area contributed by atoms with Crippen molar-refractivity contribution in [3.05, 3.63) is 35.9 Å².